The molecular formula is C25H28F2N6O2. The van der Waals surface area contributed by atoms with Gasteiger partial charge in [-0.3, -0.25) is 9.79 Å². The number of amides is 1. The average molecular weight is 483 g/mol. The van der Waals surface area contributed by atoms with Crippen LogP contribution in [-0.4, -0.2) is 54.3 Å². The highest BCUT2D eigenvalue weighted by Crippen LogP contribution is 2.22. The number of benzene rings is 2. The summed E-state index contributed by atoms with van der Waals surface area (Å²) in [7, 11) is 0. The molecule has 0 aromatic heterocycles. The molecule has 184 valence electrons. The standard InChI is InChI=1S/C25H28F2N6O2/c1-15-11-18(5-8-21(15)24(34)30-16(2)13-28)31-22-23-32-19(14-33(23)10-9-29-22)12-17-3-6-20(7-4-17)35-25(26)27/h3-11,16,19,25H,12-14,28H2,1-2H3,(H,29,31)(H,30,34)/t16-,19?/m0/s1. The first-order chi connectivity index (χ1) is 16.8. The number of carbonyl (C=O) groups is 1. The van der Waals surface area contributed by atoms with Crippen molar-refractivity contribution >= 4 is 23.3 Å². The number of alkyl halides is 2. The summed E-state index contributed by atoms with van der Waals surface area (Å²) < 4.78 is 29.1. The highest BCUT2D eigenvalue weighted by atomic mass is 19.3. The molecule has 2 heterocycles. The topological polar surface area (TPSA) is 104 Å². The van der Waals surface area contributed by atoms with E-state index >= 15 is 0 Å². The first-order valence-electron chi connectivity index (χ1n) is 11.3. The van der Waals surface area contributed by atoms with Crippen molar-refractivity contribution in [3.05, 3.63) is 71.6 Å². The molecule has 0 radical (unpaired) electrons. The molecule has 0 bridgehead atoms. The fraction of sp³-hybridized carbons (Fsp3) is 0.320. The van der Waals surface area contributed by atoms with Gasteiger partial charge < -0.3 is 26.0 Å². The molecule has 0 saturated heterocycles. The van der Waals surface area contributed by atoms with Gasteiger partial charge in [0.15, 0.2) is 11.7 Å². The third-order valence-electron chi connectivity index (χ3n) is 5.73. The molecule has 2 atom stereocenters. The van der Waals surface area contributed by atoms with Gasteiger partial charge in [-0.2, -0.15) is 8.78 Å². The van der Waals surface area contributed by atoms with E-state index in [1.54, 1.807) is 24.4 Å². The van der Waals surface area contributed by atoms with Crippen molar-refractivity contribution in [3.8, 4) is 5.75 Å². The van der Waals surface area contributed by atoms with Gasteiger partial charge in [-0.1, -0.05) is 12.1 Å². The number of aryl methyl sites for hydroxylation is 1. The van der Waals surface area contributed by atoms with Crippen LogP contribution in [0.1, 0.15) is 28.4 Å². The number of hydrogen-bond donors (Lipinski definition) is 3. The van der Waals surface area contributed by atoms with E-state index in [4.69, 9.17) is 10.7 Å². The van der Waals surface area contributed by atoms with E-state index in [0.29, 0.717) is 30.9 Å². The van der Waals surface area contributed by atoms with Gasteiger partial charge in [0.25, 0.3) is 5.91 Å². The molecule has 2 aliphatic rings. The zero-order valence-corrected chi connectivity index (χ0v) is 19.5. The number of rotatable bonds is 8. The Hall–Kier alpha value is -3.79. The van der Waals surface area contributed by atoms with Crippen molar-refractivity contribution in [2.75, 3.05) is 18.4 Å². The largest absolute Gasteiger partial charge is 0.435 e. The zero-order chi connectivity index (χ0) is 24.9. The summed E-state index contributed by atoms with van der Waals surface area (Å²) in [5.74, 6) is 1.32. The number of hydrogen-bond acceptors (Lipinski definition) is 7. The average Bonchev–Trinajstić information content (AvgIpc) is 3.23. The number of aliphatic imine (C=N–C) groups is 2. The number of nitrogens with one attached hydrogen (secondary N) is 2. The third-order valence-corrected chi connectivity index (χ3v) is 5.73. The summed E-state index contributed by atoms with van der Waals surface area (Å²) in [4.78, 5) is 23.8. The Balaban J connectivity index is 1.42. The molecule has 10 heteroatoms. The van der Waals surface area contributed by atoms with Crippen LogP contribution in [0.3, 0.4) is 0 Å². The number of nitrogens with two attached hydrogens (primary N) is 1. The van der Waals surface area contributed by atoms with Crippen molar-refractivity contribution in [2.45, 2.75) is 39.0 Å². The molecule has 0 saturated carbocycles. The summed E-state index contributed by atoms with van der Waals surface area (Å²) in [6.07, 6.45) is 4.24. The van der Waals surface area contributed by atoms with Gasteiger partial charge in [0.2, 0.25) is 0 Å². The van der Waals surface area contributed by atoms with E-state index in [-0.39, 0.29) is 23.7 Å². The van der Waals surface area contributed by atoms with E-state index in [1.165, 1.54) is 12.1 Å². The van der Waals surface area contributed by atoms with Crippen LogP contribution >= 0.6 is 0 Å². The molecule has 0 spiro atoms. The minimum absolute atomic E-state index is 0.0149. The van der Waals surface area contributed by atoms with Gasteiger partial charge in [0.05, 0.1) is 6.04 Å². The maximum atomic E-state index is 12.5. The summed E-state index contributed by atoms with van der Waals surface area (Å²) >= 11 is 0. The Morgan fingerprint density at radius 1 is 1.26 bits per heavy atom. The van der Waals surface area contributed by atoms with Crippen LogP contribution in [0.25, 0.3) is 0 Å². The van der Waals surface area contributed by atoms with Gasteiger partial charge in [-0.15, -0.1) is 0 Å². The van der Waals surface area contributed by atoms with E-state index in [0.717, 1.165) is 22.6 Å². The van der Waals surface area contributed by atoms with E-state index in [2.05, 4.69) is 20.4 Å². The lowest BCUT2D eigenvalue weighted by Crippen LogP contribution is -2.38. The van der Waals surface area contributed by atoms with Crippen molar-refractivity contribution < 1.29 is 18.3 Å². The maximum absolute atomic E-state index is 12.5. The Bertz CT molecular complexity index is 1160. The number of fused-ring (bicyclic) bond motifs is 1. The van der Waals surface area contributed by atoms with Crippen LogP contribution < -0.4 is 21.1 Å². The Morgan fingerprint density at radius 2 is 2.03 bits per heavy atom. The molecule has 2 aromatic rings. The lowest BCUT2D eigenvalue weighted by Gasteiger charge is -2.21. The van der Waals surface area contributed by atoms with Crippen molar-refractivity contribution in [3.63, 3.8) is 0 Å². The highest BCUT2D eigenvalue weighted by molar-refractivity contribution is 6.45. The van der Waals surface area contributed by atoms with Gasteiger partial charge in [0.1, 0.15) is 5.75 Å². The molecule has 4 N–H and O–H groups in total. The van der Waals surface area contributed by atoms with E-state index in [1.807, 2.05) is 37.1 Å². The molecule has 8 nitrogen and oxygen atoms in total. The number of carbonyl (C=O) groups excluding carboxylic acids is 1. The molecule has 2 aromatic carbocycles. The Kier molecular flexibility index (Phi) is 7.40. The first kappa shape index (κ1) is 24.3. The van der Waals surface area contributed by atoms with Crippen molar-refractivity contribution in [2.24, 2.45) is 15.7 Å². The van der Waals surface area contributed by atoms with Crippen LogP contribution in [0.4, 0.5) is 14.5 Å². The van der Waals surface area contributed by atoms with Crippen molar-refractivity contribution in [1.82, 2.24) is 10.2 Å². The predicted molar refractivity (Wildman–Crippen MR) is 132 cm³/mol. The molecular weight excluding hydrogens is 454 g/mol. The van der Waals surface area contributed by atoms with Gasteiger partial charge in [0, 0.05) is 42.8 Å². The molecule has 1 amide bonds. The van der Waals surface area contributed by atoms with Crippen LogP contribution in [-0.2, 0) is 6.42 Å². The summed E-state index contributed by atoms with van der Waals surface area (Å²) in [6, 6.07) is 12.0. The second-order valence-corrected chi connectivity index (χ2v) is 8.53. The van der Waals surface area contributed by atoms with Crippen LogP contribution in [0.2, 0.25) is 0 Å². The second kappa shape index (κ2) is 10.6. The lowest BCUT2D eigenvalue weighted by atomic mass is 10.1. The Labute approximate surface area is 202 Å². The highest BCUT2D eigenvalue weighted by Gasteiger charge is 2.29. The molecule has 2 aliphatic heterocycles. The molecule has 0 fully saturated rings. The quantitative estimate of drug-likeness (QED) is 0.536. The summed E-state index contributed by atoms with van der Waals surface area (Å²) in [5.41, 5.74) is 8.78. The number of nitrogens with zero attached hydrogens (tertiary/aromatic N) is 3. The third kappa shape index (κ3) is 6.02. The fourth-order valence-corrected chi connectivity index (χ4v) is 3.95. The SMILES string of the molecule is Cc1cc(NC2=NC=CN3CC(Cc4ccc(OC(F)F)cc4)N=C23)ccc1C(=O)N[C@@H](C)CN. The smallest absolute Gasteiger partial charge is 0.387 e. The van der Waals surface area contributed by atoms with Crippen LogP contribution in [0.15, 0.2) is 64.8 Å². The fourth-order valence-electron chi connectivity index (χ4n) is 3.95. The number of halogens is 2. The number of ether oxygens (including phenoxy) is 1. The molecule has 0 aliphatic carbocycles. The van der Waals surface area contributed by atoms with Crippen LogP contribution in [0, 0.1) is 6.92 Å². The van der Waals surface area contributed by atoms with Crippen LogP contribution in [0.5, 0.6) is 5.75 Å². The van der Waals surface area contributed by atoms with E-state index in [9.17, 15) is 13.6 Å². The monoisotopic (exact) mass is 482 g/mol. The zero-order valence-electron chi connectivity index (χ0n) is 19.5. The van der Waals surface area contributed by atoms with E-state index < -0.39 is 6.61 Å². The number of amidine groups is 2. The molecule has 35 heavy (non-hydrogen) atoms. The summed E-state index contributed by atoms with van der Waals surface area (Å²) in [6.45, 7) is 1.95. The predicted octanol–water partition coefficient (Wildman–Crippen LogP) is 3.29. The maximum Gasteiger partial charge on any atom is 0.387 e. The summed E-state index contributed by atoms with van der Waals surface area (Å²) in [5, 5.41) is 6.18. The normalized spacial score (nSPS) is 17.5. The Morgan fingerprint density at radius 3 is 2.71 bits per heavy atom. The molecule has 4 rings (SSSR count). The second-order valence-electron chi connectivity index (χ2n) is 8.53. The molecule has 1 unspecified atom stereocenters. The first-order valence-corrected chi connectivity index (χ1v) is 11.3. The minimum atomic E-state index is -2.84. The number of anilines is 1. The van der Waals surface area contributed by atoms with Gasteiger partial charge >= 0.3 is 6.61 Å². The van der Waals surface area contributed by atoms with Gasteiger partial charge in [-0.05, 0) is 61.7 Å². The van der Waals surface area contributed by atoms with Crippen molar-refractivity contribution in [1.29, 1.82) is 0 Å². The van der Waals surface area contributed by atoms with Gasteiger partial charge in [-0.25, -0.2) is 4.99 Å². The lowest BCUT2D eigenvalue weighted by molar-refractivity contribution is -0.0498. The minimum Gasteiger partial charge on any atom is -0.435 e.